The van der Waals surface area contributed by atoms with E-state index < -0.39 is 125 Å². The van der Waals surface area contributed by atoms with Crippen LogP contribution in [-0.4, -0.2) is 112 Å². The lowest BCUT2D eigenvalue weighted by atomic mass is 9.72. The van der Waals surface area contributed by atoms with Gasteiger partial charge in [-0.15, -0.1) is 0 Å². The first-order valence-electron chi connectivity index (χ1n) is 19.4. The summed E-state index contributed by atoms with van der Waals surface area (Å²) in [6, 6.07) is 8.57. The zero-order chi connectivity index (χ0) is 45.7. The summed E-state index contributed by atoms with van der Waals surface area (Å²) in [6.07, 6.45) is -3.41. The maximum Gasteiger partial charge on any atom is 0.551 e. The molecule has 18 nitrogen and oxygen atoms in total. The number of esters is 2. The minimum atomic E-state index is -1.44. The molecule has 4 amide bonds. The molecule has 2 aliphatic heterocycles. The third-order valence-electron chi connectivity index (χ3n) is 8.86. The van der Waals surface area contributed by atoms with Gasteiger partial charge in [0, 0.05) is 10.0 Å². The highest BCUT2D eigenvalue weighted by Crippen LogP contribution is 2.23. The second kappa shape index (κ2) is 23.7. The number of hydrogen-bond acceptors (Lipinski definition) is 14. The van der Waals surface area contributed by atoms with Gasteiger partial charge in [0.05, 0.1) is 59.0 Å². The molecule has 1 unspecified atom stereocenters. The van der Waals surface area contributed by atoms with Crippen molar-refractivity contribution in [3.05, 3.63) is 67.6 Å². The van der Waals surface area contributed by atoms with Crippen molar-refractivity contribution in [2.24, 2.45) is 11.8 Å². The third kappa shape index (κ3) is 15.6. The van der Waals surface area contributed by atoms with Crippen molar-refractivity contribution >= 4 is 108 Å². The van der Waals surface area contributed by atoms with Gasteiger partial charge in [-0.1, -0.05) is 74.1 Å². The van der Waals surface area contributed by atoms with E-state index in [4.69, 9.17) is 74.5 Å². The summed E-state index contributed by atoms with van der Waals surface area (Å²) in [6.45, 7) is 5.45. The van der Waals surface area contributed by atoms with Crippen LogP contribution in [0, 0.1) is 11.8 Å². The SMILES string of the molecule is CC(C)C[C@H](NC(=O)CNC(=O)c1cc(Cl)ccc1Cl)B1OC(=O)CC(C(=O)OCCOC(=O)[C@@H]2CC(=O)OB([C@H](CC(C)C)NC(=O)CNC(=O)c3cc(Cl)ccc3Cl)O2)O1. The molecule has 0 aliphatic carbocycles. The Balaban J connectivity index is 1.26. The van der Waals surface area contributed by atoms with Gasteiger partial charge in [-0.2, -0.15) is 0 Å². The van der Waals surface area contributed by atoms with Crippen LogP contribution < -0.4 is 21.3 Å². The van der Waals surface area contributed by atoms with Gasteiger partial charge >= 0.3 is 26.2 Å². The van der Waals surface area contributed by atoms with E-state index in [0.717, 1.165) is 0 Å². The fourth-order valence-corrected chi connectivity index (χ4v) is 6.85. The van der Waals surface area contributed by atoms with E-state index in [0.29, 0.717) is 0 Å². The molecule has 2 fully saturated rings. The Hall–Kier alpha value is -4.59. The fourth-order valence-electron chi connectivity index (χ4n) is 6.10. The zero-order valence-electron chi connectivity index (χ0n) is 34.0. The van der Waals surface area contributed by atoms with Crippen LogP contribution in [0.2, 0.25) is 20.1 Å². The molecule has 2 aliphatic rings. The van der Waals surface area contributed by atoms with Gasteiger partial charge in [0.1, 0.15) is 13.2 Å². The normalized spacial score (nSPS) is 17.3. The molecule has 2 aromatic rings. The molecule has 2 heterocycles. The number of benzene rings is 2. The van der Waals surface area contributed by atoms with Crippen molar-refractivity contribution in [3.8, 4) is 0 Å². The van der Waals surface area contributed by atoms with Crippen LogP contribution in [0.5, 0.6) is 0 Å². The summed E-state index contributed by atoms with van der Waals surface area (Å²) in [4.78, 5) is 102. The summed E-state index contributed by atoms with van der Waals surface area (Å²) in [5.41, 5.74) is 0.119. The van der Waals surface area contributed by atoms with Gasteiger partial charge in [0.2, 0.25) is 11.8 Å². The molecule has 2 saturated heterocycles. The van der Waals surface area contributed by atoms with E-state index in [1.165, 1.54) is 36.4 Å². The van der Waals surface area contributed by atoms with Gasteiger partial charge in [0.25, 0.3) is 23.8 Å². The molecular formula is C38H44B2Cl4N4O14. The number of carbonyl (C=O) groups excluding carboxylic acids is 8. The largest absolute Gasteiger partial charge is 0.551 e. The van der Waals surface area contributed by atoms with Crippen molar-refractivity contribution in [1.29, 1.82) is 0 Å². The van der Waals surface area contributed by atoms with E-state index in [2.05, 4.69) is 21.3 Å². The summed E-state index contributed by atoms with van der Waals surface area (Å²) < 4.78 is 32.6. The topological polar surface area (TPSA) is 240 Å². The fraction of sp³-hybridized carbons (Fsp3) is 0.474. The Morgan fingerprint density at radius 3 is 1.37 bits per heavy atom. The molecule has 4 atom stereocenters. The van der Waals surface area contributed by atoms with Crippen LogP contribution >= 0.6 is 46.4 Å². The van der Waals surface area contributed by atoms with E-state index in [1.807, 2.05) is 27.7 Å². The van der Waals surface area contributed by atoms with E-state index in [-0.39, 0.29) is 55.9 Å². The first kappa shape index (κ1) is 50.1. The average molecular weight is 944 g/mol. The number of hydrogen-bond donors (Lipinski definition) is 4. The smallest absolute Gasteiger partial charge is 0.508 e. The van der Waals surface area contributed by atoms with Gasteiger partial charge in [-0.25, -0.2) is 9.59 Å². The van der Waals surface area contributed by atoms with E-state index in [1.54, 1.807) is 0 Å². The van der Waals surface area contributed by atoms with Crippen molar-refractivity contribution < 1.29 is 66.4 Å². The summed E-state index contributed by atoms with van der Waals surface area (Å²) in [5, 5.41) is 11.0. The molecule has 0 radical (unpaired) electrons. The number of halogens is 4. The van der Waals surface area contributed by atoms with Crippen molar-refractivity contribution in [2.75, 3.05) is 26.3 Å². The minimum Gasteiger partial charge on any atom is -0.508 e. The molecule has 0 spiro atoms. The van der Waals surface area contributed by atoms with E-state index in [9.17, 15) is 38.4 Å². The molecule has 0 aromatic heterocycles. The van der Waals surface area contributed by atoms with Gasteiger partial charge in [-0.3, -0.25) is 28.8 Å². The summed E-state index contributed by atoms with van der Waals surface area (Å²) in [5.74, 6) is -8.17. The molecule has 0 bridgehead atoms. The molecule has 4 N–H and O–H groups in total. The highest BCUT2D eigenvalue weighted by molar-refractivity contribution is 6.50. The van der Waals surface area contributed by atoms with Crippen LogP contribution in [0.3, 0.4) is 0 Å². The van der Waals surface area contributed by atoms with Crippen molar-refractivity contribution in [3.63, 3.8) is 0 Å². The van der Waals surface area contributed by atoms with Crippen LogP contribution in [0.4, 0.5) is 0 Å². The maximum absolute atomic E-state index is 13.0. The first-order chi connectivity index (χ1) is 29.3. The number of amides is 4. The van der Waals surface area contributed by atoms with Gasteiger partial charge < -0.3 is 49.4 Å². The molecular weight excluding hydrogens is 900 g/mol. The summed E-state index contributed by atoms with van der Waals surface area (Å²) >= 11 is 24.1. The van der Waals surface area contributed by atoms with Crippen LogP contribution in [-0.2, 0) is 56.9 Å². The quantitative estimate of drug-likeness (QED) is 0.0898. The second-order valence-corrected chi connectivity index (χ2v) is 16.6. The average Bonchev–Trinajstić information content (AvgIpc) is 3.20. The molecule has 24 heteroatoms. The predicted octanol–water partition coefficient (Wildman–Crippen LogP) is 3.33. The number of carbonyl (C=O) groups is 8. The Morgan fingerprint density at radius 2 is 1.02 bits per heavy atom. The predicted molar refractivity (Wildman–Crippen MR) is 225 cm³/mol. The van der Waals surface area contributed by atoms with E-state index >= 15 is 0 Å². The highest BCUT2D eigenvalue weighted by atomic mass is 35.5. The zero-order valence-corrected chi connectivity index (χ0v) is 37.0. The Labute approximate surface area is 377 Å². The lowest BCUT2D eigenvalue weighted by Gasteiger charge is -2.32. The second-order valence-electron chi connectivity index (χ2n) is 14.9. The minimum absolute atomic E-state index is 0.0460. The lowest BCUT2D eigenvalue weighted by Crippen LogP contribution is -2.57. The first-order valence-corrected chi connectivity index (χ1v) is 20.9. The number of nitrogens with one attached hydrogen (secondary N) is 4. The standard InChI is InChI=1S/C38H44B2Cl4N4O14/c1-19(2)11-29(47-31(49)17-45-35(53)23-13-21(41)5-7-25(23)43)39-59-27(15-33(51)61-39)37(55)57-9-10-58-38(56)28-16-34(52)62-40(60-28)30(12-20(3)4)48-32(50)18-46-36(54)24-14-22(42)6-8-26(24)44/h5-8,13-14,19-20,27-30H,9-12,15-18H2,1-4H3,(H,45,53)(H,46,54)(H,47,49)(H,48,50)/t27-,28?,29-,30-/m0/s1. The molecule has 0 saturated carbocycles. The lowest BCUT2D eigenvalue weighted by molar-refractivity contribution is -0.168. The molecule has 334 valence electrons. The Morgan fingerprint density at radius 1 is 0.645 bits per heavy atom. The highest BCUT2D eigenvalue weighted by Gasteiger charge is 2.46. The molecule has 4 rings (SSSR count). The van der Waals surface area contributed by atoms with Crippen LogP contribution in [0.25, 0.3) is 0 Å². The van der Waals surface area contributed by atoms with Crippen molar-refractivity contribution in [1.82, 2.24) is 21.3 Å². The van der Waals surface area contributed by atoms with Crippen LogP contribution in [0.1, 0.15) is 74.1 Å². The molecule has 2 aromatic carbocycles. The van der Waals surface area contributed by atoms with Crippen LogP contribution in [0.15, 0.2) is 36.4 Å². The third-order valence-corrected chi connectivity index (χ3v) is 9.99. The Bertz CT molecular complexity index is 1870. The maximum atomic E-state index is 13.0. The molecule has 62 heavy (non-hydrogen) atoms. The van der Waals surface area contributed by atoms with Gasteiger partial charge in [0.15, 0.2) is 12.2 Å². The number of rotatable bonds is 19. The number of ether oxygens (including phenoxy) is 2. The summed E-state index contributed by atoms with van der Waals surface area (Å²) in [7, 11) is -2.80. The van der Waals surface area contributed by atoms with Gasteiger partial charge in [-0.05, 0) is 61.1 Å². The Kier molecular flexibility index (Phi) is 19.2. The monoisotopic (exact) mass is 942 g/mol. The van der Waals surface area contributed by atoms with Crippen molar-refractivity contribution in [2.45, 2.75) is 77.5 Å².